The van der Waals surface area contributed by atoms with Gasteiger partial charge >= 0.3 is 0 Å². The van der Waals surface area contributed by atoms with Crippen LogP contribution in [0, 0.1) is 0 Å². The minimum atomic E-state index is -0.458. The first kappa shape index (κ1) is 29.3. The van der Waals surface area contributed by atoms with Gasteiger partial charge in [-0.3, -0.25) is 0 Å². The maximum Gasteiger partial charge on any atom is 0.159 e. The van der Waals surface area contributed by atoms with E-state index in [2.05, 4.69) is 187 Å². The van der Waals surface area contributed by atoms with Gasteiger partial charge in [0.05, 0.1) is 16.8 Å². The highest BCUT2D eigenvalue weighted by Gasteiger charge is 2.45. The second-order valence-electron chi connectivity index (χ2n) is 13.6. The number of anilines is 3. The normalized spacial score (nSPS) is 13.2. The van der Waals surface area contributed by atoms with Gasteiger partial charge in [0.25, 0.3) is 0 Å². The maximum absolute atomic E-state index is 6.71. The standard InChI is InChI=1S/C49H31NOS/c1-2-14-32(15-3-1)49(40-21-8-4-16-35(40)36-17-5-9-22-41(36)49)33-28-30-34(31-29-33)50(42-23-13-27-46-47(42)39-19-7-11-26-45(39)52-46)43-24-12-20-38-37-18-6-10-25-44(37)51-48(38)43/h1-31H. The third-order valence-corrected chi connectivity index (χ3v) is 12.1. The van der Waals surface area contributed by atoms with E-state index < -0.39 is 5.41 Å². The van der Waals surface area contributed by atoms with Crippen LogP contribution in [0.4, 0.5) is 17.1 Å². The van der Waals surface area contributed by atoms with Gasteiger partial charge in [0.15, 0.2) is 5.58 Å². The van der Waals surface area contributed by atoms with Crippen LogP contribution in [0.15, 0.2) is 192 Å². The van der Waals surface area contributed by atoms with Crippen molar-refractivity contribution in [3.63, 3.8) is 0 Å². The molecule has 1 aliphatic rings. The Morgan fingerprint density at radius 3 is 1.79 bits per heavy atom. The van der Waals surface area contributed by atoms with Gasteiger partial charge in [-0.2, -0.15) is 0 Å². The molecule has 0 aliphatic heterocycles. The van der Waals surface area contributed by atoms with Crippen molar-refractivity contribution in [2.24, 2.45) is 0 Å². The molecule has 10 aromatic rings. The highest BCUT2D eigenvalue weighted by atomic mass is 32.1. The van der Waals surface area contributed by atoms with Gasteiger partial charge in [0.2, 0.25) is 0 Å². The van der Waals surface area contributed by atoms with Crippen LogP contribution in [0.5, 0.6) is 0 Å². The zero-order valence-corrected chi connectivity index (χ0v) is 29.0. The molecular weight excluding hydrogens is 651 g/mol. The fraction of sp³-hybridized carbons (Fsp3) is 0.0204. The van der Waals surface area contributed by atoms with E-state index in [-0.39, 0.29) is 0 Å². The number of hydrogen-bond acceptors (Lipinski definition) is 3. The lowest BCUT2D eigenvalue weighted by Gasteiger charge is -2.34. The Balaban J connectivity index is 1.18. The summed E-state index contributed by atoms with van der Waals surface area (Å²) in [6, 6.07) is 68.4. The van der Waals surface area contributed by atoms with Crippen molar-refractivity contribution >= 4 is 70.5 Å². The Morgan fingerprint density at radius 2 is 1.00 bits per heavy atom. The molecule has 244 valence electrons. The van der Waals surface area contributed by atoms with E-state index in [1.54, 1.807) is 0 Å². The van der Waals surface area contributed by atoms with Crippen LogP contribution in [0.3, 0.4) is 0 Å². The molecule has 8 aromatic carbocycles. The highest BCUT2D eigenvalue weighted by molar-refractivity contribution is 7.26. The van der Waals surface area contributed by atoms with E-state index in [4.69, 9.17) is 4.42 Å². The van der Waals surface area contributed by atoms with Crippen molar-refractivity contribution in [1.82, 2.24) is 0 Å². The molecule has 0 amide bonds. The van der Waals surface area contributed by atoms with Gasteiger partial charge in [-0.25, -0.2) is 0 Å². The van der Waals surface area contributed by atoms with E-state index in [9.17, 15) is 0 Å². The van der Waals surface area contributed by atoms with Crippen LogP contribution in [0.1, 0.15) is 22.3 Å². The third kappa shape index (κ3) is 4.06. The summed E-state index contributed by atoms with van der Waals surface area (Å²) in [7, 11) is 0. The van der Waals surface area contributed by atoms with Crippen molar-refractivity contribution in [3.8, 4) is 11.1 Å². The summed E-state index contributed by atoms with van der Waals surface area (Å²) in [6.45, 7) is 0. The lowest BCUT2D eigenvalue weighted by molar-refractivity contribution is 0.669. The highest BCUT2D eigenvalue weighted by Crippen LogP contribution is 2.56. The molecule has 0 atom stereocenters. The molecule has 0 fully saturated rings. The predicted octanol–water partition coefficient (Wildman–Crippen LogP) is 13.8. The number of furan rings is 1. The number of benzene rings is 8. The molecule has 52 heavy (non-hydrogen) atoms. The Hall–Kier alpha value is -6.42. The molecule has 0 saturated carbocycles. The molecule has 11 rings (SSSR count). The quantitative estimate of drug-likeness (QED) is 0.180. The smallest absolute Gasteiger partial charge is 0.159 e. The van der Waals surface area contributed by atoms with Gasteiger partial charge < -0.3 is 9.32 Å². The first-order chi connectivity index (χ1) is 25.8. The van der Waals surface area contributed by atoms with Crippen LogP contribution < -0.4 is 4.90 Å². The molecule has 0 spiro atoms. The molecule has 2 nitrogen and oxygen atoms in total. The number of nitrogens with zero attached hydrogens (tertiary/aromatic N) is 1. The van der Waals surface area contributed by atoms with Crippen LogP contribution in [-0.2, 0) is 5.41 Å². The van der Waals surface area contributed by atoms with E-state index in [1.165, 1.54) is 53.6 Å². The summed E-state index contributed by atoms with van der Waals surface area (Å²) in [5.41, 5.74) is 12.2. The molecule has 0 saturated heterocycles. The van der Waals surface area contributed by atoms with Crippen LogP contribution in [-0.4, -0.2) is 0 Å². The summed E-state index contributed by atoms with van der Waals surface area (Å²) in [4.78, 5) is 2.40. The maximum atomic E-state index is 6.71. The average molecular weight is 682 g/mol. The van der Waals surface area contributed by atoms with Gasteiger partial charge in [-0.15, -0.1) is 11.3 Å². The number of thiophene rings is 1. The van der Waals surface area contributed by atoms with Crippen molar-refractivity contribution in [1.29, 1.82) is 0 Å². The predicted molar refractivity (Wildman–Crippen MR) is 219 cm³/mol. The first-order valence-electron chi connectivity index (χ1n) is 17.8. The lowest BCUT2D eigenvalue weighted by atomic mass is 9.68. The SMILES string of the molecule is c1ccc(C2(c3ccc(N(c4cccc5c4oc4ccccc45)c4cccc5sc6ccccc6c45)cc3)c3ccccc3-c3ccccc32)cc1. The molecule has 0 radical (unpaired) electrons. The molecule has 3 heteroatoms. The van der Waals surface area contributed by atoms with Crippen molar-refractivity contribution in [3.05, 3.63) is 210 Å². The van der Waals surface area contributed by atoms with Crippen LogP contribution >= 0.6 is 11.3 Å². The third-order valence-electron chi connectivity index (χ3n) is 11.0. The molecular formula is C49H31NOS. The summed E-state index contributed by atoms with van der Waals surface area (Å²) in [5, 5.41) is 4.75. The second kappa shape index (κ2) is 11.3. The zero-order chi connectivity index (χ0) is 34.2. The van der Waals surface area contributed by atoms with Crippen LogP contribution in [0.25, 0.3) is 53.2 Å². The topological polar surface area (TPSA) is 16.4 Å². The second-order valence-corrected chi connectivity index (χ2v) is 14.7. The molecule has 0 bridgehead atoms. The van der Waals surface area contributed by atoms with Gasteiger partial charge in [0, 0.05) is 36.6 Å². The number of para-hydroxylation sites is 2. The largest absolute Gasteiger partial charge is 0.454 e. The monoisotopic (exact) mass is 681 g/mol. The summed E-state index contributed by atoms with van der Waals surface area (Å²) < 4.78 is 9.25. The minimum Gasteiger partial charge on any atom is -0.454 e. The number of hydrogen-bond donors (Lipinski definition) is 0. The fourth-order valence-corrected chi connectivity index (χ4v) is 9.96. The fourth-order valence-electron chi connectivity index (χ4n) is 8.83. The van der Waals surface area contributed by atoms with Gasteiger partial charge in [0.1, 0.15) is 5.58 Å². The summed E-state index contributed by atoms with van der Waals surface area (Å²) in [5.74, 6) is 0. The number of rotatable bonds is 5. The van der Waals surface area contributed by atoms with Crippen molar-refractivity contribution < 1.29 is 4.42 Å². The van der Waals surface area contributed by atoms with Crippen molar-refractivity contribution in [2.45, 2.75) is 5.41 Å². The summed E-state index contributed by atoms with van der Waals surface area (Å²) in [6.07, 6.45) is 0. The van der Waals surface area contributed by atoms with Gasteiger partial charge in [-0.1, -0.05) is 146 Å². The van der Waals surface area contributed by atoms with Crippen LogP contribution in [0.2, 0.25) is 0 Å². The summed E-state index contributed by atoms with van der Waals surface area (Å²) >= 11 is 1.84. The Labute approximate surface area is 305 Å². The molecule has 0 N–H and O–H groups in total. The molecule has 1 aliphatic carbocycles. The van der Waals surface area contributed by atoms with Gasteiger partial charge in [-0.05, 0) is 75.8 Å². The Bertz CT molecular complexity index is 2930. The van der Waals surface area contributed by atoms with E-state index in [1.807, 2.05) is 17.4 Å². The molecule has 2 aromatic heterocycles. The zero-order valence-electron chi connectivity index (χ0n) is 28.2. The van der Waals surface area contributed by atoms with Crippen molar-refractivity contribution in [2.75, 3.05) is 4.90 Å². The van der Waals surface area contributed by atoms with E-state index in [0.29, 0.717) is 0 Å². The minimum absolute atomic E-state index is 0.458. The molecule has 2 heterocycles. The Kier molecular flexibility index (Phi) is 6.37. The average Bonchev–Trinajstić information content (AvgIpc) is 3.88. The van der Waals surface area contributed by atoms with E-state index >= 15 is 0 Å². The first-order valence-corrected chi connectivity index (χ1v) is 18.6. The number of fused-ring (bicyclic) bond motifs is 9. The lowest BCUT2D eigenvalue weighted by Crippen LogP contribution is -2.28. The molecule has 0 unspecified atom stereocenters. The van der Waals surface area contributed by atoms with E-state index in [0.717, 1.165) is 39.0 Å². The Morgan fingerprint density at radius 1 is 0.423 bits per heavy atom.